The van der Waals surface area contributed by atoms with E-state index in [1.165, 1.54) is 0 Å². The van der Waals surface area contributed by atoms with Crippen molar-refractivity contribution in [1.29, 1.82) is 0 Å². The maximum Gasteiger partial charge on any atom is 0.331 e. The van der Waals surface area contributed by atoms with Gasteiger partial charge in [-0.15, -0.1) is 0 Å². The summed E-state index contributed by atoms with van der Waals surface area (Å²) in [6, 6.07) is 0. The highest BCUT2D eigenvalue weighted by molar-refractivity contribution is 5.87. The Morgan fingerprint density at radius 2 is 2.42 bits per heavy atom. The Morgan fingerprint density at radius 3 is 2.75 bits per heavy atom. The first-order valence-electron chi connectivity index (χ1n) is 4.23. The summed E-state index contributed by atoms with van der Waals surface area (Å²) in [7, 11) is 0. The van der Waals surface area contributed by atoms with E-state index in [1.807, 2.05) is 13.8 Å². The summed E-state index contributed by atoms with van der Waals surface area (Å²) < 4.78 is 5.28. The fourth-order valence-corrected chi connectivity index (χ4v) is 1.56. The van der Waals surface area contributed by atoms with E-state index >= 15 is 0 Å². The molecule has 1 aliphatic heterocycles. The maximum atomic E-state index is 10.7. The molecule has 1 saturated heterocycles. The van der Waals surface area contributed by atoms with E-state index in [2.05, 4.69) is 0 Å². The quantitative estimate of drug-likeness (QED) is 0.640. The van der Waals surface area contributed by atoms with E-state index in [1.54, 1.807) is 0 Å². The molecule has 1 heterocycles. The molecular weight excluding hydrogens is 156 g/mol. The van der Waals surface area contributed by atoms with Crippen molar-refractivity contribution in [3.63, 3.8) is 0 Å². The summed E-state index contributed by atoms with van der Waals surface area (Å²) in [5.74, 6) is -0.801. The first-order chi connectivity index (χ1) is 5.66. The Balaban J connectivity index is 2.91. The van der Waals surface area contributed by atoms with Crippen molar-refractivity contribution >= 4 is 5.97 Å². The van der Waals surface area contributed by atoms with Crippen LogP contribution in [0.3, 0.4) is 0 Å². The van der Waals surface area contributed by atoms with Gasteiger partial charge in [0.05, 0.1) is 12.7 Å². The smallest absolute Gasteiger partial charge is 0.331 e. The van der Waals surface area contributed by atoms with Gasteiger partial charge in [-0.05, 0) is 25.3 Å². The lowest BCUT2D eigenvalue weighted by Gasteiger charge is -2.07. The van der Waals surface area contributed by atoms with Gasteiger partial charge in [-0.25, -0.2) is 4.79 Å². The number of carboxylic acid groups (broad SMARTS) is 1. The molecule has 1 rings (SSSR count). The Morgan fingerprint density at radius 1 is 1.75 bits per heavy atom. The van der Waals surface area contributed by atoms with Crippen LogP contribution in [-0.4, -0.2) is 23.8 Å². The minimum atomic E-state index is -0.801. The molecule has 0 aromatic rings. The predicted molar refractivity (Wildman–Crippen MR) is 45.0 cm³/mol. The third-order valence-electron chi connectivity index (χ3n) is 2.23. The van der Waals surface area contributed by atoms with Gasteiger partial charge in [0.1, 0.15) is 0 Å². The molecule has 0 spiro atoms. The van der Waals surface area contributed by atoms with Gasteiger partial charge in [-0.1, -0.05) is 6.92 Å². The van der Waals surface area contributed by atoms with Crippen molar-refractivity contribution < 1.29 is 14.6 Å². The minimum absolute atomic E-state index is 0.00366. The van der Waals surface area contributed by atoms with Crippen LogP contribution in [0.5, 0.6) is 0 Å². The molecule has 3 nitrogen and oxygen atoms in total. The van der Waals surface area contributed by atoms with Gasteiger partial charge in [0.15, 0.2) is 0 Å². The van der Waals surface area contributed by atoms with Crippen LogP contribution in [-0.2, 0) is 9.53 Å². The van der Waals surface area contributed by atoms with Crippen LogP contribution in [0.15, 0.2) is 11.1 Å². The van der Waals surface area contributed by atoms with E-state index in [4.69, 9.17) is 9.84 Å². The van der Waals surface area contributed by atoms with E-state index in [9.17, 15) is 4.79 Å². The number of carboxylic acids is 1. The van der Waals surface area contributed by atoms with E-state index < -0.39 is 5.97 Å². The Bertz CT molecular complexity index is 218. The van der Waals surface area contributed by atoms with E-state index in [0.29, 0.717) is 18.6 Å². The van der Waals surface area contributed by atoms with Crippen LogP contribution in [0.25, 0.3) is 0 Å². The molecule has 1 fully saturated rings. The summed E-state index contributed by atoms with van der Waals surface area (Å²) >= 11 is 0. The van der Waals surface area contributed by atoms with Crippen molar-refractivity contribution in [2.75, 3.05) is 6.61 Å². The molecule has 0 bridgehead atoms. The third-order valence-corrected chi connectivity index (χ3v) is 2.23. The normalized spacial score (nSPS) is 27.3. The molecule has 1 atom stereocenters. The molecular formula is C9H14O3. The lowest BCUT2D eigenvalue weighted by molar-refractivity contribution is -0.132. The average molecular weight is 170 g/mol. The minimum Gasteiger partial charge on any atom is -0.478 e. The second-order valence-electron chi connectivity index (χ2n) is 2.93. The molecule has 1 N–H and O–H groups in total. The highest BCUT2D eigenvalue weighted by Gasteiger charge is 2.22. The van der Waals surface area contributed by atoms with Crippen LogP contribution >= 0.6 is 0 Å². The largest absolute Gasteiger partial charge is 0.478 e. The van der Waals surface area contributed by atoms with Crippen LogP contribution in [0.2, 0.25) is 0 Å². The monoisotopic (exact) mass is 170 g/mol. The van der Waals surface area contributed by atoms with Gasteiger partial charge in [0, 0.05) is 5.57 Å². The first kappa shape index (κ1) is 9.26. The molecule has 12 heavy (non-hydrogen) atoms. The number of ether oxygens (including phenoxy) is 1. The molecule has 0 aromatic carbocycles. The van der Waals surface area contributed by atoms with Crippen LogP contribution in [0, 0.1) is 0 Å². The summed E-state index contributed by atoms with van der Waals surface area (Å²) in [6.07, 6.45) is 1.35. The van der Waals surface area contributed by atoms with Crippen molar-refractivity contribution in [3.8, 4) is 0 Å². The van der Waals surface area contributed by atoms with E-state index in [-0.39, 0.29) is 6.10 Å². The molecule has 1 unspecified atom stereocenters. The predicted octanol–water partition coefficient (Wildman–Crippen LogP) is 1.59. The molecule has 0 radical (unpaired) electrons. The number of hydrogen-bond donors (Lipinski definition) is 1. The lowest BCUT2D eigenvalue weighted by atomic mass is 10.0. The molecule has 0 saturated carbocycles. The standard InChI is InChI=1S/C9H14O3/c1-3-7(9(10)11)8-4-5-12-6(8)2/h6H,3-5H2,1-2H3,(H,10,11)/b8-7-. The van der Waals surface area contributed by atoms with Gasteiger partial charge in [-0.2, -0.15) is 0 Å². The Kier molecular flexibility index (Phi) is 2.87. The van der Waals surface area contributed by atoms with Gasteiger partial charge in [0.25, 0.3) is 0 Å². The van der Waals surface area contributed by atoms with Crippen molar-refractivity contribution in [2.24, 2.45) is 0 Å². The zero-order valence-corrected chi connectivity index (χ0v) is 7.46. The fourth-order valence-electron chi connectivity index (χ4n) is 1.56. The summed E-state index contributed by atoms with van der Waals surface area (Å²) in [5.41, 5.74) is 1.49. The highest BCUT2D eigenvalue weighted by Crippen LogP contribution is 2.24. The lowest BCUT2D eigenvalue weighted by Crippen LogP contribution is -2.09. The molecule has 68 valence electrons. The van der Waals surface area contributed by atoms with Crippen molar-refractivity contribution in [3.05, 3.63) is 11.1 Å². The zero-order valence-electron chi connectivity index (χ0n) is 7.46. The molecule has 0 aliphatic carbocycles. The number of aliphatic carboxylic acids is 1. The number of hydrogen-bond acceptors (Lipinski definition) is 2. The zero-order chi connectivity index (χ0) is 9.14. The summed E-state index contributed by atoms with van der Waals surface area (Å²) in [6.45, 7) is 4.43. The van der Waals surface area contributed by atoms with Crippen LogP contribution < -0.4 is 0 Å². The summed E-state index contributed by atoms with van der Waals surface area (Å²) in [4.78, 5) is 10.7. The van der Waals surface area contributed by atoms with Crippen molar-refractivity contribution in [2.45, 2.75) is 32.8 Å². The second-order valence-corrected chi connectivity index (χ2v) is 2.93. The molecule has 0 aromatic heterocycles. The average Bonchev–Trinajstić information content (AvgIpc) is 2.38. The van der Waals surface area contributed by atoms with Gasteiger partial charge in [-0.3, -0.25) is 0 Å². The third kappa shape index (κ3) is 1.67. The van der Waals surface area contributed by atoms with Gasteiger partial charge >= 0.3 is 5.97 Å². The maximum absolute atomic E-state index is 10.7. The van der Waals surface area contributed by atoms with Gasteiger partial charge < -0.3 is 9.84 Å². The SMILES string of the molecule is CC/C(C(=O)O)=C1\CCOC1C. The Hall–Kier alpha value is -0.830. The van der Waals surface area contributed by atoms with Gasteiger partial charge in [0.2, 0.25) is 0 Å². The number of carbonyl (C=O) groups is 1. The highest BCUT2D eigenvalue weighted by atomic mass is 16.5. The summed E-state index contributed by atoms with van der Waals surface area (Å²) in [5, 5.41) is 8.84. The number of rotatable bonds is 2. The Labute approximate surface area is 72.0 Å². The fraction of sp³-hybridized carbons (Fsp3) is 0.667. The molecule has 1 aliphatic rings. The second kappa shape index (κ2) is 3.72. The molecule has 0 amide bonds. The van der Waals surface area contributed by atoms with Crippen LogP contribution in [0.4, 0.5) is 0 Å². The topological polar surface area (TPSA) is 46.5 Å². The first-order valence-corrected chi connectivity index (χ1v) is 4.23. The van der Waals surface area contributed by atoms with E-state index in [0.717, 1.165) is 12.0 Å². The van der Waals surface area contributed by atoms with Crippen molar-refractivity contribution in [1.82, 2.24) is 0 Å². The molecule has 3 heteroatoms. The van der Waals surface area contributed by atoms with Crippen LogP contribution in [0.1, 0.15) is 26.7 Å².